The van der Waals surface area contributed by atoms with Crippen molar-refractivity contribution in [3.05, 3.63) is 50.7 Å². The molecule has 0 bridgehead atoms. The topological polar surface area (TPSA) is 30.7 Å². The largest absolute Gasteiger partial charge is 0.305 e. The molecule has 0 N–H and O–H groups in total. The molecule has 0 aliphatic heterocycles. The quantitative estimate of drug-likeness (QED) is 0.543. The third kappa shape index (κ3) is 3.37. The zero-order chi connectivity index (χ0) is 17.4. The molecule has 0 saturated carbocycles. The Balaban J connectivity index is 1.57. The molecule has 1 atom stereocenters. The Morgan fingerprint density at radius 3 is 3.00 bits per heavy atom. The molecule has 2 heterocycles. The molecule has 0 spiro atoms. The smallest absolute Gasteiger partial charge is 0.191 e. The highest BCUT2D eigenvalue weighted by Crippen LogP contribution is 2.38. The van der Waals surface area contributed by atoms with E-state index in [9.17, 15) is 0 Å². The van der Waals surface area contributed by atoms with Gasteiger partial charge in [-0.1, -0.05) is 48.5 Å². The molecule has 0 fully saturated rings. The minimum atomic E-state index is 0.792. The zero-order valence-corrected chi connectivity index (χ0v) is 16.7. The van der Waals surface area contributed by atoms with Gasteiger partial charge < -0.3 is 4.57 Å². The maximum atomic E-state index is 6.25. The van der Waals surface area contributed by atoms with Crippen LogP contribution in [-0.2, 0) is 25.6 Å². The fourth-order valence-corrected chi connectivity index (χ4v) is 5.74. The van der Waals surface area contributed by atoms with Gasteiger partial charge in [-0.2, -0.15) is 0 Å². The monoisotopic (exact) mass is 389 g/mol. The fraction of sp³-hybridized carbons (Fsp3) is 0.368. The molecule has 0 amide bonds. The summed E-state index contributed by atoms with van der Waals surface area (Å²) >= 11 is 9.81. The second-order valence-corrected chi connectivity index (χ2v) is 8.96. The molecule has 1 aliphatic carbocycles. The van der Waals surface area contributed by atoms with Crippen LogP contribution in [0, 0.1) is 5.92 Å². The first-order valence-electron chi connectivity index (χ1n) is 8.48. The molecule has 2 aromatic heterocycles. The van der Waals surface area contributed by atoms with Gasteiger partial charge in [0.2, 0.25) is 0 Å². The van der Waals surface area contributed by atoms with Gasteiger partial charge in [0.25, 0.3) is 0 Å². The average molecular weight is 390 g/mol. The standard InChI is InChI=1S/C19H20ClN3S2/c1-12-7-8-14-15(11-24-17(14)9-12)18-21-22-19(23(18)2)25-10-13-5-3-4-6-16(13)20/h3-6,11-12H,7-10H2,1-2H3. The van der Waals surface area contributed by atoms with Crippen molar-refractivity contribution in [1.82, 2.24) is 14.8 Å². The minimum Gasteiger partial charge on any atom is -0.305 e. The summed E-state index contributed by atoms with van der Waals surface area (Å²) in [6.07, 6.45) is 3.62. The van der Waals surface area contributed by atoms with E-state index in [-0.39, 0.29) is 0 Å². The molecule has 1 aliphatic rings. The first kappa shape index (κ1) is 17.1. The van der Waals surface area contributed by atoms with E-state index >= 15 is 0 Å². The summed E-state index contributed by atoms with van der Waals surface area (Å²) in [6.45, 7) is 2.34. The van der Waals surface area contributed by atoms with Crippen LogP contribution in [0.5, 0.6) is 0 Å². The van der Waals surface area contributed by atoms with E-state index in [0.29, 0.717) is 0 Å². The number of fused-ring (bicyclic) bond motifs is 1. The lowest BCUT2D eigenvalue weighted by Crippen LogP contribution is -2.09. The van der Waals surface area contributed by atoms with Gasteiger partial charge in [-0.3, -0.25) is 0 Å². The Hall–Kier alpha value is -1.30. The number of halogens is 1. The lowest BCUT2D eigenvalue weighted by atomic mass is 9.88. The van der Waals surface area contributed by atoms with Gasteiger partial charge in [-0.15, -0.1) is 21.5 Å². The summed E-state index contributed by atoms with van der Waals surface area (Å²) in [5.41, 5.74) is 3.88. The minimum absolute atomic E-state index is 0.792. The van der Waals surface area contributed by atoms with Crippen LogP contribution in [0.4, 0.5) is 0 Å². The third-order valence-electron chi connectivity index (χ3n) is 4.79. The zero-order valence-electron chi connectivity index (χ0n) is 14.3. The second kappa shape index (κ2) is 7.14. The summed E-state index contributed by atoms with van der Waals surface area (Å²) in [5.74, 6) is 2.57. The molecule has 3 nitrogen and oxygen atoms in total. The number of thioether (sulfide) groups is 1. The van der Waals surface area contributed by atoms with E-state index in [2.05, 4.69) is 40.2 Å². The van der Waals surface area contributed by atoms with Crippen molar-refractivity contribution in [3.8, 4) is 11.4 Å². The Bertz CT molecular complexity index is 900. The van der Waals surface area contributed by atoms with Crippen molar-refractivity contribution in [2.75, 3.05) is 0 Å². The highest BCUT2D eigenvalue weighted by Gasteiger charge is 2.23. The van der Waals surface area contributed by atoms with Crippen molar-refractivity contribution < 1.29 is 0 Å². The molecule has 0 radical (unpaired) electrons. The predicted octanol–water partition coefficient (Wildman–Crippen LogP) is 5.61. The molecular formula is C19H20ClN3S2. The Morgan fingerprint density at radius 2 is 2.16 bits per heavy atom. The molecule has 6 heteroatoms. The van der Waals surface area contributed by atoms with Crippen LogP contribution in [-0.4, -0.2) is 14.8 Å². The van der Waals surface area contributed by atoms with Crippen LogP contribution < -0.4 is 0 Å². The van der Waals surface area contributed by atoms with Crippen molar-refractivity contribution in [2.24, 2.45) is 13.0 Å². The Kier molecular flexibility index (Phi) is 4.89. The number of rotatable bonds is 4. The summed E-state index contributed by atoms with van der Waals surface area (Å²) in [7, 11) is 2.06. The van der Waals surface area contributed by atoms with E-state index in [4.69, 9.17) is 11.6 Å². The molecule has 4 rings (SSSR count). The molecule has 25 heavy (non-hydrogen) atoms. The molecule has 130 valence electrons. The molecular weight excluding hydrogens is 370 g/mol. The van der Waals surface area contributed by atoms with Gasteiger partial charge in [0.15, 0.2) is 11.0 Å². The maximum absolute atomic E-state index is 6.25. The number of hydrogen-bond acceptors (Lipinski definition) is 4. The Morgan fingerprint density at radius 1 is 1.32 bits per heavy atom. The van der Waals surface area contributed by atoms with Gasteiger partial charge in [-0.05, 0) is 42.4 Å². The molecule has 1 aromatic carbocycles. The van der Waals surface area contributed by atoms with Crippen LogP contribution >= 0.6 is 34.7 Å². The number of thiophene rings is 1. The summed E-state index contributed by atoms with van der Waals surface area (Å²) in [5, 5.41) is 12.9. The first-order valence-corrected chi connectivity index (χ1v) is 10.7. The van der Waals surface area contributed by atoms with Crippen LogP contribution in [0.25, 0.3) is 11.4 Å². The van der Waals surface area contributed by atoms with E-state index in [0.717, 1.165) is 39.7 Å². The van der Waals surface area contributed by atoms with Gasteiger partial charge in [-0.25, -0.2) is 0 Å². The molecule has 3 aromatic rings. The van der Waals surface area contributed by atoms with Gasteiger partial charge >= 0.3 is 0 Å². The summed E-state index contributed by atoms with van der Waals surface area (Å²) in [4.78, 5) is 1.53. The van der Waals surface area contributed by atoms with Gasteiger partial charge in [0.05, 0.1) is 0 Å². The Labute approximate surface area is 161 Å². The van der Waals surface area contributed by atoms with Gasteiger partial charge in [0, 0.05) is 33.6 Å². The SMILES string of the molecule is CC1CCc2c(-c3nnc(SCc4ccccc4Cl)n3C)csc2C1. The van der Waals surface area contributed by atoms with Crippen LogP contribution in [0.2, 0.25) is 5.02 Å². The molecule has 1 unspecified atom stereocenters. The average Bonchev–Trinajstić information content (AvgIpc) is 3.17. The van der Waals surface area contributed by atoms with E-state index in [1.807, 2.05) is 29.5 Å². The first-order chi connectivity index (χ1) is 12.1. The van der Waals surface area contributed by atoms with Crippen molar-refractivity contribution >= 4 is 34.7 Å². The predicted molar refractivity (Wildman–Crippen MR) is 107 cm³/mol. The number of nitrogens with zero attached hydrogens (tertiary/aromatic N) is 3. The fourth-order valence-electron chi connectivity index (χ4n) is 3.30. The number of hydrogen-bond donors (Lipinski definition) is 0. The van der Waals surface area contributed by atoms with Crippen molar-refractivity contribution in [1.29, 1.82) is 0 Å². The maximum Gasteiger partial charge on any atom is 0.191 e. The third-order valence-corrected chi connectivity index (χ3v) is 7.28. The highest BCUT2D eigenvalue weighted by atomic mass is 35.5. The van der Waals surface area contributed by atoms with Crippen LogP contribution in [0.3, 0.4) is 0 Å². The lowest BCUT2D eigenvalue weighted by Gasteiger charge is -2.18. The summed E-state index contributed by atoms with van der Waals surface area (Å²) in [6, 6.07) is 7.96. The van der Waals surface area contributed by atoms with Crippen molar-refractivity contribution in [3.63, 3.8) is 0 Å². The number of benzene rings is 1. The molecule has 0 saturated heterocycles. The second-order valence-electron chi connectivity index (χ2n) is 6.64. The van der Waals surface area contributed by atoms with E-state index in [1.54, 1.807) is 11.8 Å². The van der Waals surface area contributed by atoms with Crippen molar-refractivity contribution in [2.45, 2.75) is 37.1 Å². The van der Waals surface area contributed by atoms with E-state index < -0.39 is 0 Å². The van der Waals surface area contributed by atoms with E-state index in [1.165, 1.54) is 28.8 Å². The summed E-state index contributed by atoms with van der Waals surface area (Å²) < 4.78 is 2.11. The highest BCUT2D eigenvalue weighted by molar-refractivity contribution is 7.98. The van der Waals surface area contributed by atoms with Crippen LogP contribution in [0.15, 0.2) is 34.8 Å². The normalized spacial score (nSPS) is 16.8. The van der Waals surface area contributed by atoms with Gasteiger partial charge in [0.1, 0.15) is 0 Å². The van der Waals surface area contributed by atoms with Crippen LogP contribution in [0.1, 0.15) is 29.3 Å². The number of aromatic nitrogens is 3. The lowest BCUT2D eigenvalue weighted by molar-refractivity contribution is 0.508.